The molecule has 1 aromatic carbocycles. The smallest absolute Gasteiger partial charge is 0.178 e. The maximum atomic E-state index is 17.6. The Hall–Kier alpha value is -2.42. The van der Waals surface area contributed by atoms with E-state index in [2.05, 4.69) is 29.2 Å². The minimum atomic E-state index is -2.18. The van der Waals surface area contributed by atoms with Crippen molar-refractivity contribution in [3.8, 4) is 0 Å². The molecule has 0 radical (unpaired) electrons. The highest BCUT2D eigenvalue weighted by atomic mass is 19.1. The highest BCUT2D eigenvalue weighted by Crippen LogP contribution is 2.74. The van der Waals surface area contributed by atoms with Crippen LogP contribution in [0.4, 0.5) is 14.5 Å². The number of alkyl halides is 2. The van der Waals surface area contributed by atoms with Crippen molar-refractivity contribution in [2.24, 2.45) is 45.1 Å². The molecule has 1 aromatic rings. The molecule has 7 aliphatic carbocycles. The number of allylic oxidation sites excluding steroid dienone is 4. The number of hydrogen-bond acceptors (Lipinski definition) is 6. The number of ketones is 2. The van der Waals surface area contributed by atoms with E-state index in [1.54, 1.807) is 6.92 Å². The number of aliphatic hydroxyl groups is 2. The standard InChI is InChI=1S/C35H42F2N2O4/c1-30-8-7-23(41)10-26(30)27(36)11-25-24-9-21-14-39(22-5-3-20(4-6-22)12-32-16-33(38,17-32)18-32)19-34(21,29(43)15-40)31(24,2)13-28(42)35(25,30)37/h3-8,10,21,24-25,27-28,40,42H,9,11-19,38H2,1-2H3/t21-,24-,25-,27-,28-,30-,31-,32?,33?,34+,35-/m0/s1. The molecule has 9 atom stereocenters. The fourth-order valence-corrected chi connectivity index (χ4v) is 12.1. The van der Waals surface area contributed by atoms with E-state index in [0.717, 1.165) is 31.4 Å². The van der Waals surface area contributed by atoms with Crippen LogP contribution in [0.15, 0.2) is 48.1 Å². The number of rotatable bonds is 5. The molecule has 7 fully saturated rings. The average molecular weight is 593 g/mol. The number of carbonyl (C=O) groups excluding carboxylic acids is 2. The van der Waals surface area contributed by atoms with Gasteiger partial charge < -0.3 is 20.8 Å². The number of Topliss-reactive ketones (excluding diaryl/α,β-unsaturated/α-hetero) is 1. The predicted molar refractivity (Wildman–Crippen MR) is 158 cm³/mol. The fraction of sp³-hybridized carbons (Fsp3) is 0.657. The highest BCUT2D eigenvalue weighted by Gasteiger charge is 2.78. The maximum Gasteiger partial charge on any atom is 0.178 e. The zero-order valence-corrected chi connectivity index (χ0v) is 25.0. The molecule has 6 nitrogen and oxygen atoms in total. The van der Waals surface area contributed by atoms with Crippen molar-refractivity contribution >= 4 is 17.3 Å². The van der Waals surface area contributed by atoms with Gasteiger partial charge in [0.1, 0.15) is 12.8 Å². The Morgan fingerprint density at radius 3 is 2.47 bits per heavy atom. The molecule has 1 saturated heterocycles. The van der Waals surface area contributed by atoms with Crippen molar-refractivity contribution < 1.29 is 28.6 Å². The summed E-state index contributed by atoms with van der Waals surface area (Å²) in [6.45, 7) is 3.89. The summed E-state index contributed by atoms with van der Waals surface area (Å²) in [6, 6.07) is 8.55. The number of fused-ring (bicyclic) bond motifs is 7. The SMILES string of the molecule is C[C@]12C=CC(=O)C=C1[C@@H](F)C[C@H]1[C@@H]3C[C@H]4CN(c5ccc(CC67CC(N)(C6)C7)cc5)C[C@@]4(C(=O)CO)[C@@]3(C)C[C@H](O)[C@@]12F. The molecule has 43 heavy (non-hydrogen) atoms. The molecule has 0 amide bonds. The van der Waals surface area contributed by atoms with Gasteiger partial charge in [-0.15, -0.1) is 0 Å². The van der Waals surface area contributed by atoms with E-state index in [4.69, 9.17) is 5.73 Å². The third-order valence-electron chi connectivity index (χ3n) is 13.9. The molecular weight excluding hydrogens is 550 g/mol. The number of anilines is 1. The van der Waals surface area contributed by atoms with Crippen molar-refractivity contribution in [1.82, 2.24) is 0 Å². The predicted octanol–water partition coefficient (Wildman–Crippen LogP) is 4.02. The second-order valence-corrected chi connectivity index (χ2v) is 16.0. The normalized spacial score (nSPS) is 50.6. The molecule has 6 saturated carbocycles. The van der Waals surface area contributed by atoms with Crippen LogP contribution in [-0.2, 0) is 16.0 Å². The number of hydrogen-bond donors (Lipinski definition) is 3. The molecule has 8 heteroatoms. The van der Waals surface area contributed by atoms with E-state index in [-0.39, 0.29) is 47.4 Å². The van der Waals surface area contributed by atoms with Crippen molar-refractivity contribution in [3.05, 3.63) is 53.6 Å². The van der Waals surface area contributed by atoms with Crippen LogP contribution in [0.5, 0.6) is 0 Å². The number of carbonyl (C=O) groups is 2. The van der Waals surface area contributed by atoms with E-state index < -0.39 is 46.7 Å². The van der Waals surface area contributed by atoms with Crippen LogP contribution in [0.25, 0.3) is 0 Å². The second-order valence-electron chi connectivity index (χ2n) is 16.0. The van der Waals surface area contributed by atoms with E-state index in [1.807, 2.05) is 6.92 Å². The molecule has 230 valence electrons. The van der Waals surface area contributed by atoms with Gasteiger partial charge in [-0.1, -0.05) is 25.1 Å². The first kappa shape index (κ1) is 28.1. The molecular formula is C35H42F2N2O4. The lowest BCUT2D eigenvalue weighted by atomic mass is 9.38. The number of nitrogens with zero attached hydrogens (tertiary/aromatic N) is 1. The molecule has 2 bridgehead atoms. The van der Waals surface area contributed by atoms with Crippen molar-refractivity contribution in [2.75, 3.05) is 24.6 Å². The van der Waals surface area contributed by atoms with Crippen molar-refractivity contribution in [1.29, 1.82) is 0 Å². The van der Waals surface area contributed by atoms with Crippen LogP contribution >= 0.6 is 0 Å². The molecule has 4 N–H and O–H groups in total. The Morgan fingerprint density at radius 1 is 1.12 bits per heavy atom. The third-order valence-corrected chi connectivity index (χ3v) is 13.9. The first-order valence-electron chi connectivity index (χ1n) is 16.0. The quantitative estimate of drug-likeness (QED) is 0.477. The van der Waals surface area contributed by atoms with Gasteiger partial charge in [0, 0.05) is 35.6 Å². The van der Waals surface area contributed by atoms with Crippen LogP contribution in [0.1, 0.15) is 57.9 Å². The minimum Gasteiger partial charge on any atom is -0.390 e. The zero-order chi connectivity index (χ0) is 30.4. The number of benzene rings is 1. The van der Waals surface area contributed by atoms with Crippen LogP contribution < -0.4 is 10.6 Å². The Labute approximate surface area is 251 Å². The van der Waals surface area contributed by atoms with Gasteiger partial charge in [-0.05, 0) is 110 Å². The van der Waals surface area contributed by atoms with Gasteiger partial charge in [-0.25, -0.2) is 8.78 Å². The lowest BCUT2D eigenvalue weighted by molar-refractivity contribution is -0.210. The minimum absolute atomic E-state index is 0.0337. The van der Waals surface area contributed by atoms with Gasteiger partial charge >= 0.3 is 0 Å². The largest absolute Gasteiger partial charge is 0.390 e. The van der Waals surface area contributed by atoms with E-state index in [1.165, 1.54) is 23.8 Å². The molecule has 0 spiro atoms. The van der Waals surface area contributed by atoms with Crippen LogP contribution in [0.2, 0.25) is 0 Å². The summed E-state index contributed by atoms with van der Waals surface area (Å²) >= 11 is 0. The lowest BCUT2D eigenvalue weighted by Crippen LogP contribution is -2.72. The molecule has 1 heterocycles. The van der Waals surface area contributed by atoms with Crippen LogP contribution in [-0.4, -0.2) is 65.0 Å². The lowest BCUT2D eigenvalue weighted by Gasteiger charge is -2.69. The van der Waals surface area contributed by atoms with Gasteiger partial charge in [0.2, 0.25) is 0 Å². The summed E-state index contributed by atoms with van der Waals surface area (Å²) in [5.41, 5.74) is 3.65. The number of aliphatic hydroxyl groups excluding tert-OH is 2. The van der Waals surface area contributed by atoms with Gasteiger partial charge in [-0.3, -0.25) is 9.59 Å². The summed E-state index contributed by atoms with van der Waals surface area (Å²) in [5.74, 6) is -1.99. The fourth-order valence-electron chi connectivity index (χ4n) is 12.1. The molecule has 0 aromatic heterocycles. The van der Waals surface area contributed by atoms with Gasteiger partial charge in [0.15, 0.2) is 17.2 Å². The van der Waals surface area contributed by atoms with Gasteiger partial charge in [-0.2, -0.15) is 0 Å². The molecule has 8 aliphatic rings. The van der Waals surface area contributed by atoms with Gasteiger partial charge in [0.05, 0.1) is 11.5 Å². The summed E-state index contributed by atoms with van der Waals surface area (Å²) in [4.78, 5) is 28.2. The monoisotopic (exact) mass is 592 g/mol. The Balaban J connectivity index is 1.11. The Kier molecular flexibility index (Phi) is 5.51. The van der Waals surface area contributed by atoms with E-state index >= 15 is 8.78 Å². The number of nitrogens with two attached hydrogens (primary N) is 1. The molecule has 0 unspecified atom stereocenters. The van der Waals surface area contributed by atoms with Crippen molar-refractivity contribution in [2.45, 2.75) is 82.3 Å². The van der Waals surface area contributed by atoms with Crippen molar-refractivity contribution in [3.63, 3.8) is 0 Å². The maximum absolute atomic E-state index is 17.6. The Morgan fingerprint density at radius 2 is 1.81 bits per heavy atom. The zero-order valence-electron chi connectivity index (χ0n) is 25.0. The van der Waals surface area contributed by atoms with E-state index in [0.29, 0.717) is 24.9 Å². The first-order valence-corrected chi connectivity index (χ1v) is 16.0. The summed E-state index contributed by atoms with van der Waals surface area (Å²) in [6.07, 6.45) is 5.72. The highest BCUT2D eigenvalue weighted by molar-refractivity contribution is 6.01. The van der Waals surface area contributed by atoms with Crippen LogP contribution in [0, 0.1) is 39.4 Å². The molecule has 1 aliphatic heterocycles. The number of halogens is 2. The molecule has 9 rings (SSSR count). The summed E-state index contributed by atoms with van der Waals surface area (Å²) in [5, 5.41) is 22.0. The first-order chi connectivity index (χ1) is 20.2. The third kappa shape index (κ3) is 3.28. The average Bonchev–Trinajstić information content (AvgIpc) is 3.43. The summed E-state index contributed by atoms with van der Waals surface area (Å²) < 4.78 is 33.4. The van der Waals surface area contributed by atoms with E-state index in [9.17, 15) is 19.8 Å². The Bertz CT molecular complexity index is 1470. The second kappa shape index (κ2) is 8.43. The summed E-state index contributed by atoms with van der Waals surface area (Å²) in [7, 11) is 0. The van der Waals surface area contributed by atoms with Gasteiger partial charge in [0.25, 0.3) is 0 Å². The van der Waals surface area contributed by atoms with Crippen LogP contribution in [0.3, 0.4) is 0 Å². The topological polar surface area (TPSA) is 104 Å².